The lowest BCUT2D eigenvalue weighted by Crippen LogP contribution is -2.46. The highest BCUT2D eigenvalue weighted by Gasteiger charge is 2.34. The molecule has 1 aromatic carbocycles. The summed E-state index contributed by atoms with van der Waals surface area (Å²) in [6.45, 7) is 1.88. The normalized spacial score (nSPS) is 23.5. The number of nitrogens with one attached hydrogen (secondary N) is 1. The molecule has 0 bridgehead atoms. The van der Waals surface area contributed by atoms with Crippen molar-refractivity contribution < 1.29 is 14.3 Å². The second-order valence-corrected chi connectivity index (χ2v) is 7.05. The minimum atomic E-state index is -0.414. The summed E-state index contributed by atoms with van der Waals surface area (Å²) in [5.41, 5.74) is 1.53. The SMILES string of the molecule is Cl.Cl.O=C(C1CC(O)CN1)N1CCC(c2nc3cc(Cl)ccc3o2)CC1. The van der Waals surface area contributed by atoms with E-state index in [9.17, 15) is 9.90 Å². The number of halogens is 3. The number of benzene rings is 1. The maximum absolute atomic E-state index is 12.5. The first-order valence-electron chi connectivity index (χ1n) is 8.36. The second kappa shape index (κ2) is 8.76. The van der Waals surface area contributed by atoms with Crippen LogP contribution in [0.1, 0.15) is 31.1 Å². The van der Waals surface area contributed by atoms with Crippen molar-refractivity contribution in [2.24, 2.45) is 0 Å². The predicted molar refractivity (Wildman–Crippen MR) is 104 cm³/mol. The molecule has 2 N–H and O–H groups in total. The Morgan fingerprint density at radius 2 is 2.04 bits per heavy atom. The van der Waals surface area contributed by atoms with Crippen molar-refractivity contribution in [2.45, 2.75) is 37.3 Å². The summed E-state index contributed by atoms with van der Waals surface area (Å²) in [5, 5.41) is 13.3. The lowest BCUT2D eigenvalue weighted by atomic mass is 9.96. The van der Waals surface area contributed by atoms with Gasteiger partial charge in [-0.3, -0.25) is 4.79 Å². The molecule has 4 rings (SSSR count). The third-order valence-corrected chi connectivity index (χ3v) is 5.16. The van der Waals surface area contributed by atoms with Gasteiger partial charge in [0.15, 0.2) is 11.5 Å². The van der Waals surface area contributed by atoms with Crippen LogP contribution < -0.4 is 5.32 Å². The Labute approximate surface area is 169 Å². The van der Waals surface area contributed by atoms with Crippen molar-refractivity contribution in [3.05, 3.63) is 29.1 Å². The van der Waals surface area contributed by atoms with Crippen molar-refractivity contribution in [2.75, 3.05) is 19.6 Å². The topological polar surface area (TPSA) is 78.6 Å². The van der Waals surface area contributed by atoms with Gasteiger partial charge in [0.25, 0.3) is 0 Å². The smallest absolute Gasteiger partial charge is 0.239 e. The molecule has 2 saturated heterocycles. The summed E-state index contributed by atoms with van der Waals surface area (Å²) in [6, 6.07) is 5.19. The fraction of sp³-hybridized carbons (Fsp3) is 0.529. The monoisotopic (exact) mass is 421 g/mol. The number of amides is 1. The number of aromatic nitrogens is 1. The zero-order valence-corrected chi connectivity index (χ0v) is 16.4. The maximum atomic E-state index is 12.5. The summed E-state index contributed by atoms with van der Waals surface area (Å²) in [6.07, 6.45) is 1.76. The number of hydrogen-bond donors (Lipinski definition) is 2. The molecule has 2 atom stereocenters. The van der Waals surface area contributed by atoms with E-state index in [0.29, 0.717) is 31.1 Å². The van der Waals surface area contributed by atoms with Gasteiger partial charge < -0.3 is 19.7 Å². The maximum Gasteiger partial charge on any atom is 0.239 e. The molecule has 144 valence electrons. The van der Waals surface area contributed by atoms with Crippen LogP contribution in [0.4, 0.5) is 0 Å². The minimum absolute atomic E-state index is 0. The standard InChI is InChI=1S/C17H20ClN3O3.2ClH/c18-11-1-2-15-13(7-11)20-16(24-15)10-3-5-21(6-4-10)17(23)14-8-12(22)9-19-14;;/h1-2,7,10,12,14,19,22H,3-6,8-9H2;2*1H. The second-order valence-electron chi connectivity index (χ2n) is 6.61. The number of carbonyl (C=O) groups excluding carboxylic acids is 1. The van der Waals surface area contributed by atoms with E-state index < -0.39 is 6.10 Å². The van der Waals surface area contributed by atoms with E-state index in [-0.39, 0.29) is 42.7 Å². The predicted octanol–water partition coefficient (Wildman–Crippen LogP) is 2.75. The Balaban J connectivity index is 0.00000121. The Hall–Kier alpha value is -1.05. The third kappa shape index (κ3) is 4.26. The summed E-state index contributed by atoms with van der Waals surface area (Å²) < 4.78 is 5.85. The van der Waals surface area contributed by atoms with E-state index in [0.717, 1.165) is 29.8 Å². The number of likely N-dealkylation sites (tertiary alicyclic amines) is 1. The van der Waals surface area contributed by atoms with Gasteiger partial charge in [0.2, 0.25) is 5.91 Å². The van der Waals surface area contributed by atoms with Crippen molar-refractivity contribution in [3.8, 4) is 0 Å². The van der Waals surface area contributed by atoms with Gasteiger partial charge in [-0.2, -0.15) is 0 Å². The number of aliphatic hydroxyl groups is 1. The van der Waals surface area contributed by atoms with Crippen LogP contribution in [0.25, 0.3) is 11.1 Å². The highest BCUT2D eigenvalue weighted by Crippen LogP contribution is 2.31. The molecular weight excluding hydrogens is 401 g/mol. The van der Waals surface area contributed by atoms with Crippen molar-refractivity contribution in [3.63, 3.8) is 0 Å². The van der Waals surface area contributed by atoms with Gasteiger partial charge in [-0.25, -0.2) is 4.98 Å². The van der Waals surface area contributed by atoms with Crippen molar-refractivity contribution in [1.29, 1.82) is 0 Å². The van der Waals surface area contributed by atoms with Crippen LogP contribution in [0.2, 0.25) is 5.02 Å². The first kappa shape index (κ1) is 21.3. The van der Waals surface area contributed by atoms with E-state index >= 15 is 0 Å². The third-order valence-electron chi connectivity index (χ3n) is 4.93. The molecule has 2 aliphatic rings. The molecule has 0 spiro atoms. The van der Waals surface area contributed by atoms with Crippen LogP contribution in [0, 0.1) is 0 Å². The van der Waals surface area contributed by atoms with Gasteiger partial charge in [0.05, 0.1) is 12.1 Å². The van der Waals surface area contributed by atoms with E-state index in [1.807, 2.05) is 11.0 Å². The van der Waals surface area contributed by atoms with Gasteiger partial charge in [-0.15, -0.1) is 24.8 Å². The number of fused-ring (bicyclic) bond motifs is 1. The molecule has 0 radical (unpaired) electrons. The molecule has 2 aromatic rings. The minimum Gasteiger partial charge on any atom is -0.440 e. The zero-order chi connectivity index (χ0) is 16.7. The van der Waals surface area contributed by atoms with Crippen LogP contribution in [0.3, 0.4) is 0 Å². The molecule has 0 aliphatic carbocycles. The van der Waals surface area contributed by atoms with Gasteiger partial charge in [0, 0.05) is 30.6 Å². The van der Waals surface area contributed by atoms with Crippen LogP contribution in [-0.4, -0.2) is 52.7 Å². The summed E-state index contributed by atoms with van der Waals surface area (Å²) >= 11 is 5.99. The molecule has 26 heavy (non-hydrogen) atoms. The van der Waals surface area contributed by atoms with Gasteiger partial charge in [-0.1, -0.05) is 11.6 Å². The number of piperidine rings is 1. The summed E-state index contributed by atoms with van der Waals surface area (Å²) in [5.74, 6) is 1.05. The van der Waals surface area contributed by atoms with E-state index in [1.165, 1.54) is 0 Å². The summed E-state index contributed by atoms with van der Waals surface area (Å²) in [7, 11) is 0. The number of hydrogen-bond acceptors (Lipinski definition) is 5. The average Bonchev–Trinajstić information content (AvgIpc) is 3.20. The fourth-order valence-electron chi connectivity index (χ4n) is 3.57. The molecule has 2 unspecified atom stereocenters. The lowest BCUT2D eigenvalue weighted by Gasteiger charge is -2.32. The Morgan fingerprint density at radius 1 is 1.31 bits per heavy atom. The number of nitrogens with zero attached hydrogens (tertiary/aromatic N) is 2. The Morgan fingerprint density at radius 3 is 2.69 bits per heavy atom. The number of β-amino-alcohol motifs (C(OH)–C–C–N with tert-alkyl or cyclic N) is 1. The molecule has 2 aliphatic heterocycles. The molecule has 9 heteroatoms. The van der Waals surface area contributed by atoms with Crippen LogP contribution in [0.5, 0.6) is 0 Å². The number of rotatable bonds is 2. The Bertz CT molecular complexity index is 762. The number of carbonyl (C=O) groups is 1. The van der Waals surface area contributed by atoms with E-state index in [2.05, 4.69) is 10.3 Å². The molecule has 6 nitrogen and oxygen atoms in total. The largest absolute Gasteiger partial charge is 0.440 e. The molecule has 3 heterocycles. The van der Waals surface area contributed by atoms with Gasteiger partial charge >= 0.3 is 0 Å². The quantitative estimate of drug-likeness (QED) is 0.778. The van der Waals surface area contributed by atoms with Crippen LogP contribution >= 0.6 is 36.4 Å². The molecular formula is C17H22Cl3N3O3. The number of oxazole rings is 1. The van der Waals surface area contributed by atoms with Crippen molar-refractivity contribution in [1.82, 2.24) is 15.2 Å². The molecule has 1 aromatic heterocycles. The number of aliphatic hydroxyl groups excluding tert-OH is 1. The summed E-state index contributed by atoms with van der Waals surface area (Å²) in [4.78, 5) is 18.9. The molecule has 0 saturated carbocycles. The lowest BCUT2D eigenvalue weighted by molar-refractivity contribution is -0.134. The van der Waals surface area contributed by atoms with Crippen LogP contribution in [0.15, 0.2) is 22.6 Å². The average molecular weight is 423 g/mol. The zero-order valence-electron chi connectivity index (χ0n) is 14.1. The highest BCUT2D eigenvalue weighted by atomic mass is 35.5. The molecule has 1 amide bonds. The van der Waals surface area contributed by atoms with Gasteiger partial charge in [-0.05, 0) is 37.5 Å². The van der Waals surface area contributed by atoms with E-state index in [1.54, 1.807) is 12.1 Å². The van der Waals surface area contributed by atoms with E-state index in [4.69, 9.17) is 16.0 Å². The van der Waals surface area contributed by atoms with Crippen LogP contribution in [-0.2, 0) is 4.79 Å². The Kier molecular flexibility index (Phi) is 7.16. The van der Waals surface area contributed by atoms with Crippen molar-refractivity contribution >= 4 is 53.4 Å². The first-order chi connectivity index (χ1) is 11.6. The first-order valence-corrected chi connectivity index (χ1v) is 8.74. The fourth-order valence-corrected chi connectivity index (χ4v) is 3.73. The molecule has 2 fully saturated rings. The highest BCUT2D eigenvalue weighted by molar-refractivity contribution is 6.31. The van der Waals surface area contributed by atoms with Gasteiger partial charge in [0.1, 0.15) is 5.52 Å².